The highest BCUT2D eigenvalue weighted by Gasteiger charge is 2.32. The summed E-state index contributed by atoms with van der Waals surface area (Å²) in [6.45, 7) is 3.81. The summed E-state index contributed by atoms with van der Waals surface area (Å²) in [7, 11) is 0. The van der Waals surface area contributed by atoms with Gasteiger partial charge in [-0.1, -0.05) is 6.07 Å². The zero-order valence-corrected chi connectivity index (χ0v) is 11.6. The zero-order valence-electron chi connectivity index (χ0n) is 11.6. The topological polar surface area (TPSA) is 69.8 Å². The third-order valence-corrected chi connectivity index (χ3v) is 4.41. The fourth-order valence-corrected chi connectivity index (χ4v) is 3.24. The first-order chi connectivity index (χ1) is 9.66. The third kappa shape index (κ3) is 2.33. The standard InChI is InChI=1S/C15H21N3O2/c16-13-5-3-4-12(14(13)19)15(20)18-9-6-11(10-18)17-7-1-2-8-17/h3-5,11,19H,1-2,6-10,16H2. The molecule has 1 aromatic rings. The molecular formula is C15H21N3O2. The summed E-state index contributed by atoms with van der Waals surface area (Å²) in [6.07, 6.45) is 3.55. The average molecular weight is 275 g/mol. The highest BCUT2D eigenvalue weighted by Crippen LogP contribution is 2.28. The Morgan fingerprint density at radius 3 is 2.75 bits per heavy atom. The van der Waals surface area contributed by atoms with Crippen LogP contribution in [-0.2, 0) is 0 Å². The first kappa shape index (κ1) is 13.2. The van der Waals surface area contributed by atoms with Gasteiger partial charge in [0.05, 0.1) is 11.3 Å². The molecule has 1 amide bonds. The Kier molecular flexibility index (Phi) is 3.53. The van der Waals surface area contributed by atoms with Crippen molar-refractivity contribution in [2.24, 2.45) is 0 Å². The van der Waals surface area contributed by atoms with Gasteiger partial charge in [0, 0.05) is 19.1 Å². The van der Waals surface area contributed by atoms with Gasteiger partial charge >= 0.3 is 0 Å². The summed E-state index contributed by atoms with van der Waals surface area (Å²) in [6, 6.07) is 5.42. The van der Waals surface area contributed by atoms with E-state index < -0.39 is 0 Å². The van der Waals surface area contributed by atoms with E-state index in [1.807, 2.05) is 4.90 Å². The largest absolute Gasteiger partial charge is 0.505 e. The molecule has 0 saturated carbocycles. The van der Waals surface area contributed by atoms with Crippen molar-refractivity contribution in [2.75, 3.05) is 31.9 Å². The maximum absolute atomic E-state index is 12.5. The van der Waals surface area contributed by atoms with E-state index in [4.69, 9.17) is 5.73 Å². The number of benzene rings is 1. The predicted octanol–water partition coefficient (Wildman–Crippen LogP) is 1.28. The third-order valence-electron chi connectivity index (χ3n) is 4.41. The van der Waals surface area contributed by atoms with Gasteiger partial charge in [-0.2, -0.15) is 0 Å². The summed E-state index contributed by atoms with van der Waals surface area (Å²) in [5.41, 5.74) is 6.22. The van der Waals surface area contributed by atoms with Crippen LogP contribution in [0.5, 0.6) is 5.75 Å². The van der Waals surface area contributed by atoms with Crippen LogP contribution in [0.25, 0.3) is 0 Å². The Morgan fingerprint density at radius 1 is 1.25 bits per heavy atom. The second-order valence-electron chi connectivity index (χ2n) is 5.68. The van der Waals surface area contributed by atoms with Gasteiger partial charge in [0.15, 0.2) is 5.75 Å². The average Bonchev–Trinajstić information content (AvgIpc) is 3.11. The number of phenolic OH excluding ortho intramolecular Hbond substituents is 1. The monoisotopic (exact) mass is 275 g/mol. The van der Waals surface area contributed by atoms with Crippen molar-refractivity contribution in [2.45, 2.75) is 25.3 Å². The molecule has 0 spiro atoms. The van der Waals surface area contributed by atoms with Crippen molar-refractivity contribution < 1.29 is 9.90 Å². The molecule has 3 N–H and O–H groups in total. The lowest BCUT2D eigenvalue weighted by molar-refractivity contribution is 0.0777. The van der Waals surface area contributed by atoms with Gasteiger partial charge < -0.3 is 15.7 Å². The van der Waals surface area contributed by atoms with E-state index in [0.717, 1.165) is 32.6 Å². The molecule has 2 heterocycles. The minimum absolute atomic E-state index is 0.0953. The fraction of sp³-hybridized carbons (Fsp3) is 0.533. The number of aromatic hydroxyl groups is 1. The number of nitrogens with two attached hydrogens (primary N) is 1. The molecule has 0 bridgehead atoms. The first-order valence-electron chi connectivity index (χ1n) is 7.27. The van der Waals surface area contributed by atoms with Gasteiger partial charge in [0.1, 0.15) is 0 Å². The maximum atomic E-state index is 12.5. The van der Waals surface area contributed by atoms with Crippen molar-refractivity contribution in [3.63, 3.8) is 0 Å². The van der Waals surface area contributed by atoms with E-state index >= 15 is 0 Å². The van der Waals surface area contributed by atoms with Crippen LogP contribution in [0, 0.1) is 0 Å². The highest BCUT2D eigenvalue weighted by molar-refractivity contribution is 5.98. The van der Waals surface area contributed by atoms with Gasteiger partial charge in [-0.25, -0.2) is 0 Å². The highest BCUT2D eigenvalue weighted by atomic mass is 16.3. The van der Waals surface area contributed by atoms with E-state index in [9.17, 15) is 9.90 Å². The maximum Gasteiger partial charge on any atom is 0.257 e. The first-order valence-corrected chi connectivity index (χ1v) is 7.27. The second-order valence-corrected chi connectivity index (χ2v) is 5.68. The molecule has 108 valence electrons. The lowest BCUT2D eigenvalue weighted by atomic mass is 10.1. The molecule has 20 heavy (non-hydrogen) atoms. The lowest BCUT2D eigenvalue weighted by Gasteiger charge is -2.23. The van der Waals surface area contributed by atoms with Crippen molar-refractivity contribution in [3.8, 4) is 5.75 Å². The van der Waals surface area contributed by atoms with Crippen LogP contribution in [0.1, 0.15) is 29.6 Å². The van der Waals surface area contributed by atoms with Crippen LogP contribution in [0.4, 0.5) is 5.69 Å². The molecule has 0 aromatic heterocycles. The fourth-order valence-electron chi connectivity index (χ4n) is 3.24. The minimum Gasteiger partial charge on any atom is -0.505 e. The number of anilines is 1. The molecule has 5 nitrogen and oxygen atoms in total. The number of hydrogen-bond donors (Lipinski definition) is 2. The zero-order chi connectivity index (χ0) is 14.1. The molecule has 1 unspecified atom stereocenters. The summed E-state index contributed by atoms with van der Waals surface area (Å²) in [5.74, 6) is -0.210. The Hall–Kier alpha value is -1.75. The van der Waals surface area contributed by atoms with Crippen molar-refractivity contribution in [1.82, 2.24) is 9.80 Å². The summed E-state index contributed by atoms with van der Waals surface area (Å²) >= 11 is 0. The number of carbonyl (C=O) groups excluding carboxylic acids is 1. The minimum atomic E-state index is -0.114. The predicted molar refractivity (Wildman–Crippen MR) is 77.6 cm³/mol. The summed E-state index contributed by atoms with van der Waals surface area (Å²) in [4.78, 5) is 16.8. The number of rotatable bonds is 2. The van der Waals surface area contributed by atoms with Crippen molar-refractivity contribution in [3.05, 3.63) is 23.8 Å². The van der Waals surface area contributed by atoms with E-state index in [2.05, 4.69) is 4.90 Å². The molecule has 1 atom stereocenters. The molecule has 1 aromatic carbocycles. The molecule has 2 aliphatic rings. The van der Waals surface area contributed by atoms with Crippen molar-refractivity contribution >= 4 is 11.6 Å². The van der Waals surface area contributed by atoms with Crippen LogP contribution in [0.2, 0.25) is 0 Å². The second kappa shape index (κ2) is 5.32. The number of likely N-dealkylation sites (tertiary alicyclic amines) is 2. The Balaban J connectivity index is 1.70. The molecule has 5 heteroatoms. The number of nitrogen functional groups attached to an aromatic ring is 1. The SMILES string of the molecule is Nc1cccc(C(=O)N2CCC(N3CCCC3)C2)c1O. The number of carbonyl (C=O) groups is 1. The van der Waals surface area contributed by atoms with E-state index in [1.165, 1.54) is 12.8 Å². The number of hydrogen-bond acceptors (Lipinski definition) is 4. The van der Waals surface area contributed by atoms with Gasteiger partial charge in [0.25, 0.3) is 5.91 Å². The summed E-state index contributed by atoms with van der Waals surface area (Å²) in [5, 5.41) is 9.92. The van der Waals surface area contributed by atoms with E-state index in [1.54, 1.807) is 18.2 Å². The van der Waals surface area contributed by atoms with Crippen LogP contribution >= 0.6 is 0 Å². The Labute approximate surface area is 119 Å². The normalized spacial score (nSPS) is 23.4. The Morgan fingerprint density at radius 2 is 2.00 bits per heavy atom. The van der Waals surface area contributed by atoms with Crippen LogP contribution in [0.15, 0.2) is 18.2 Å². The van der Waals surface area contributed by atoms with E-state index in [-0.39, 0.29) is 17.3 Å². The van der Waals surface area contributed by atoms with Crippen molar-refractivity contribution in [1.29, 1.82) is 0 Å². The number of para-hydroxylation sites is 1. The number of nitrogens with zero attached hydrogens (tertiary/aromatic N) is 2. The van der Waals surface area contributed by atoms with E-state index in [0.29, 0.717) is 11.6 Å². The molecule has 0 radical (unpaired) electrons. The molecule has 2 aliphatic heterocycles. The lowest BCUT2D eigenvalue weighted by Crippen LogP contribution is -2.37. The molecular weight excluding hydrogens is 254 g/mol. The van der Waals surface area contributed by atoms with Crippen LogP contribution in [0.3, 0.4) is 0 Å². The number of phenols is 1. The molecule has 2 saturated heterocycles. The molecule has 2 fully saturated rings. The van der Waals surface area contributed by atoms with Crippen LogP contribution < -0.4 is 5.73 Å². The molecule has 3 rings (SSSR count). The van der Waals surface area contributed by atoms with Gasteiger partial charge in [-0.15, -0.1) is 0 Å². The molecule has 0 aliphatic carbocycles. The quantitative estimate of drug-likeness (QED) is 0.630. The smallest absolute Gasteiger partial charge is 0.257 e. The summed E-state index contributed by atoms with van der Waals surface area (Å²) < 4.78 is 0. The van der Waals surface area contributed by atoms with Gasteiger partial charge in [-0.05, 0) is 44.5 Å². The van der Waals surface area contributed by atoms with Gasteiger partial charge in [-0.3, -0.25) is 9.69 Å². The Bertz CT molecular complexity index is 512. The number of amides is 1. The van der Waals surface area contributed by atoms with Gasteiger partial charge in [0.2, 0.25) is 0 Å². The van der Waals surface area contributed by atoms with Crippen LogP contribution in [-0.4, -0.2) is 53.0 Å².